The molecule has 0 atom stereocenters. The lowest BCUT2D eigenvalue weighted by Gasteiger charge is -2.02. The lowest BCUT2D eigenvalue weighted by Crippen LogP contribution is -2.19. The van der Waals surface area contributed by atoms with Crippen molar-refractivity contribution in [1.29, 1.82) is 0 Å². The van der Waals surface area contributed by atoms with Gasteiger partial charge in [-0.2, -0.15) is 0 Å². The molecule has 1 N–H and O–H groups in total. The van der Waals surface area contributed by atoms with Gasteiger partial charge in [-0.3, -0.25) is 9.20 Å². The maximum atomic E-state index is 12.5. The van der Waals surface area contributed by atoms with E-state index in [1.165, 1.54) is 10.6 Å². The van der Waals surface area contributed by atoms with E-state index in [0.29, 0.717) is 22.6 Å². The molecule has 5 nitrogen and oxygen atoms in total. The van der Waals surface area contributed by atoms with Gasteiger partial charge in [0, 0.05) is 16.6 Å². The number of carbonyl (C=O) groups is 1. The lowest BCUT2D eigenvalue weighted by atomic mass is 10.1. The van der Waals surface area contributed by atoms with Crippen molar-refractivity contribution in [2.45, 2.75) is 13.3 Å². The summed E-state index contributed by atoms with van der Waals surface area (Å²) in [6.45, 7) is 1.89. The highest BCUT2D eigenvalue weighted by molar-refractivity contribution is 7.18. The van der Waals surface area contributed by atoms with Gasteiger partial charge in [0.2, 0.25) is 0 Å². The molecule has 0 fully saturated rings. The fourth-order valence-electron chi connectivity index (χ4n) is 2.11. The van der Waals surface area contributed by atoms with Crippen LogP contribution in [0.1, 0.15) is 32.7 Å². The number of rotatable bonds is 4. The quantitative estimate of drug-likeness (QED) is 0.796. The summed E-state index contributed by atoms with van der Waals surface area (Å²) < 4.78 is 1.31. The Morgan fingerprint density at radius 3 is 2.91 bits per heavy atom. The molecule has 0 spiro atoms. The first-order valence-electron chi connectivity index (χ1n) is 6.60. The first-order chi connectivity index (χ1) is 10.6. The lowest BCUT2D eigenvalue weighted by molar-refractivity contribution is 0.0702. The highest BCUT2D eigenvalue weighted by Gasteiger charge is 2.15. The van der Waals surface area contributed by atoms with Crippen LogP contribution in [-0.2, 0) is 6.42 Å². The van der Waals surface area contributed by atoms with Gasteiger partial charge >= 0.3 is 5.97 Å². The fourth-order valence-corrected chi connectivity index (χ4v) is 3.55. The van der Waals surface area contributed by atoms with Crippen molar-refractivity contribution in [1.82, 2.24) is 9.38 Å². The van der Waals surface area contributed by atoms with E-state index in [-0.39, 0.29) is 10.4 Å². The zero-order valence-corrected chi connectivity index (χ0v) is 13.3. The minimum absolute atomic E-state index is 0.103. The van der Waals surface area contributed by atoms with Gasteiger partial charge in [-0.15, -0.1) is 11.3 Å². The van der Waals surface area contributed by atoms with E-state index in [0.717, 1.165) is 16.2 Å². The number of hydrogen-bond acceptors (Lipinski definition) is 5. The normalized spacial score (nSPS) is 11.5. The maximum absolute atomic E-state index is 12.5. The van der Waals surface area contributed by atoms with Crippen molar-refractivity contribution >= 4 is 45.8 Å². The standard InChI is InChI=1S/C15H12N2O3S2/c1-2-10-11(6-5-9-4-3-7-21-9)16-15-17(13(10)18)8-12(22-15)14(19)20/h3-8H,2H2,1H3,(H,19,20). The molecule has 0 saturated carbocycles. The summed E-state index contributed by atoms with van der Waals surface area (Å²) in [4.78, 5) is 29.6. The molecule has 0 aliphatic rings. The summed E-state index contributed by atoms with van der Waals surface area (Å²) in [6, 6.07) is 3.93. The Bertz CT molecular complexity index is 920. The summed E-state index contributed by atoms with van der Waals surface area (Å²) in [5.41, 5.74) is 0.974. The number of aromatic nitrogens is 2. The van der Waals surface area contributed by atoms with Crippen LogP contribution in [0.25, 0.3) is 17.1 Å². The third-order valence-electron chi connectivity index (χ3n) is 3.17. The van der Waals surface area contributed by atoms with Gasteiger partial charge in [0.1, 0.15) is 4.88 Å². The van der Waals surface area contributed by atoms with E-state index < -0.39 is 5.97 Å². The highest BCUT2D eigenvalue weighted by atomic mass is 32.1. The third kappa shape index (κ3) is 2.60. The predicted molar refractivity (Wildman–Crippen MR) is 88.9 cm³/mol. The number of hydrogen-bond donors (Lipinski definition) is 1. The van der Waals surface area contributed by atoms with Crippen LogP contribution in [0.5, 0.6) is 0 Å². The number of nitrogens with zero attached hydrogens (tertiary/aromatic N) is 2. The molecule has 0 radical (unpaired) electrons. The number of thiazole rings is 1. The Balaban J connectivity index is 2.17. The summed E-state index contributed by atoms with van der Waals surface area (Å²) in [5, 5.41) is 11.0. The van der Waals surface area contributed by atoms with Crippen LogP contribution in [0.3, 0.4) is 0 Å². The van der Waals surface area contributed by atoms with E-state index in [2.05, 4.69) is 4.98 Å². The van der Waals surface area contributed by atoms with Crippen molar-refractivity contribution < 1.29 is 9.90 Å². The molecule has 0 amide bonds. The van der Waals surface area contributed by atoms with E-state index in [1.807, 2.05) is 36.6 Å². The third-order valence-corrected chi connectivity index (χ3v) is 4.98. The van der Waals surface area contributed by atoms with Crippen LogP contribution in [0, 0.1) is 0 Å². The number of carboxylic acid groups (broad SMARTS) is 1. The predicted octanol–water partition coefficient (Wildman–Crippen LogP) is 3.25. The van der Waals surface area contributed by atoms with Crippen LogP contribution >= 0.6 is 22.7 Å². The van der Waals surface area contributed by atoms with Crippen LogP contribution < -0.4 is 5.56 Å². The van der Waals surface area contributed by atoms with Crippen molar-refractivity contribution in [3.63, 3.8) is 0 Å². The molecule has 0 aliphatic heterocycles. The fraction of sp³-hybridized carbons (Fsp3) is 0.133. The summed E-state index contributed by atoms with van der Waals surface area (Å²) in [5.74, 6) is -1.05. The molecule has 3 rings (SSSR count). The smallest absolute Gasteiger partial charge is 0.347 e. The first-order valence-corrected chi connectivity index (χ1v) is 8.29. The average molecular weight is 332 g/mol. The second kappa shape index (κ2) is 5.86. The van der Waals surface area contributed by atoms with Gasteiger partial charge in [0.15, 0.2) is 4.96 Å². The van der Waals surface area contributed by atoms with Crippen LogP contribution in [0.15, 0.2) is 28.5 Å². The van der Waals surface area contributed by atoms with E-state index in [1.54, 1.807) is 11.3 Å². The minimum Gasteiger partial charge on any atom is -0.477 e. The molecule has 3 heterocycles. The molecule has 3 aromatic rings. The summed E-state index contributed by atoms with van der Waals surface area (Å²) >= 11 is 2.60. The van der Waals surface area contributed by atoms with Crippen molar-refractivity contribution in [3.05, 3.63) is 55.1 Å². The van der Waals surface area contributed by atoms with Gasteiger partial charge in [-0.05, 0) is 30.0 Å². The second-order valence-corrected chi connectivity index (χ2v) is 6.52. The topological polar surface area (TPSA) is 71.7 Å². The average Bonchev–Trinajstić information content (AvgIpc) is 3.14. The molecular formula is C15H12N2O3S2. The van der Waals surface area contributed by atoms with E-state index >= 15 is 0 Å². The van der Waals surface area contributed by atoms with Gasteiger partial charge in [0.25, 0.3) is 5.56 Å². The molecule has 0 unspecified atom stereocenters. The monoisotopic (exact) mass is 332 g/mol. The Labute approximate surface area is 133 Å². The summed E-state index contributed by atoms with van der Waals surface area (Å²) in [7, 11) is 0. The molecule has 22 heavy (non-hydrogen) atoms. The largest absolute Gasteiger partial charge is 0.477 e. The van der Waals surface area contributed by atoms with Crippen molar-refractivity contribution in [2.75, 3.05) is 0 Å². The highest BCUT2D eigenvalue weighted by Crippen LogP contribution is 2.18. The van der Waals surface area contributed by atoms with Crippen molar-refractivity contribution in [2.24, 2.45) is 0 Å². The molecule has 0 aliphatic carbocycles. The van der Waals surface area contributed by atoms with E-state index in [9.17, 15) is 9.59 Å². The van der Waals surface area contributed by atoms with Gasteiger partial charge in [-0.1, -0.05) is 24.3 Å². The molecule has 0 saturated heterocycles. The summed E-state index contributed by atoms with van der Waals surface area (Å²) in [6.07, 6.45) is 5.60. The van der Waals surface area contributed by atoms with Crippen LogP contribution in [-0.4, -0.2) is 20.5 Å². The first kappa shape index (κ1) is 14.7. The molecule has 0 bridgehead atoms. The van der Waals surface area contributed by atoms with Gasteiger partial charge in [0.05, 0.1) is 5.69 Å². The molecule has 7 heteroatoms. The maximum Gasteiger partial charge on any atom is 0.347 e. The number of carboxylic acids is 1. The number of aromatic carboxylic acids is 1. The molecule has 112 valence electrons. The van der Waals surface area contributed by atoms with Crippen LogP contribution in [0.2, 0.25) is 0 Å². The zero-order valence-electron chi connectivity index (χ0n) is 11.6. The Morgan fingerprint density at radius 2 is 2.27 bits per heavy atom. The molecule has 3 aromatic heterocycles. The number of fused-ring (bicyclic) bond motifs is 1. The zero-order chi connectivity index (χ0) is 15.7. The van der Waals surface area contributed by atoms with Crippen LogP contribution in [0.4, 0.5) is 0 Å². The van der Waals surface area contributed by atoms with Gasteiger partial charge in [-0.25, -0.2) is 9.78 Å². The Morgan fingerprint density at radius 1 is 1.45 bits per heavy atom. The number of thiophene rings is 1. The SMILES string of the molecule is CCc1c(C=Cc2cccs2)nc2sc(C(=O)O)cn2c1=O. The van der Waals surface area contributed by atoms with Crippen molar-refractivity contribution in [3.8, 4) is 0 Å². The second-order valence-electron chi connectivity index (χ2n) is 4.54. The van der Waals surface area contributed by atoms with E-state index in [4.69, 9.17) is 5.11 Å². The molecule has 0 aromatic carbocycles. The van der Waals surface area contributed by atoms with Gasteiger partial charge < -0.3 is 5.11 Å². The molecular weight excluding hydrogens is 320 g/mol. The minimum atomic E-state index is -1.05. The Hall–Kier alpha value is -2.25. The Kier molecular flexibility index (Phi) is 3.91.